The first-order chi connectivity index (χ1) is 12.6. The van der Waals surface area contributed by atoms with E-state index in [4.69, 9.17) is 0 Å². The molecule has 150 valence electrons. The maximum Gasteiger partial charge on any atom is 0.326 e. The molecule has 0 spiro atoms. The average molecular weight is 462 g/mol. The second kappa shape index (κ2) is 7.44. The van der Waals surface area contributed by atoms with Gasteiger partial charge in [0.15, 0.2) is 4.75 Å². The van der Waals surface area contributed by atoms with Gasteiger partial charge in [-0.05, 0) is 42.9 Å². The van der Waals surface area contributed by atoms with E-state index < -0.39 is 45.8 Å². The highest BCUT2D eigenvalue weighted by Gasteiger charge is 2.60. The molecular weight excluding hydrogens is 438 g/mol. The first-order valence-electron chi connectivity index (χ1n) is 8.94. The fourth-order valence-corrected chi connectivity index (χ4v) is 6.54. The molecule has 1 aliphatic carbocycles. The van der Waals surface area contributed by atoms with E-state index in [1.165, 1.54) is 4.31 Å². The minimum atomic E-state index is -4.20. The van der Waals surface area contributed by atoms with Gasteiger partial charge in [0.2, 0.25) is 10.0 Å². The first-order valence-corrected chi connectivity index (χ1v) is 11.2. The third-order valence-corrected chi connectivity index (χ3v) is 9.28. The Bertz CT molecular complexity index is 824. The molecular formula is C18H24BrNO6S. The van der Waals surface area contributed by atoms with Gasteiger partial charge in [-0.3, -0.25) is 4.79 Å². The zero-order valence-corrected chi connectivity index (χ0v) is 17.4. The number of hydrogen-bond acceptors (Lipinski definition) is 5. The number of hydrogen-bond donors (Lipinski definition) is 3. The van der Waals surface area contributed by atoms with Crippen molar-refractivity contribution in [1.29, 1.82) is 0 Å². The number of aliphatic hydroxyl groups excluding tert-OH is 2. The van der Waals surface area contributed by atoms with Crippen LogP contribution in [0.4, 0.5) is 0 Å². The van der Waals surface area contributed by atoms with Crippen LogP contribution in [0.3, 0.4) is 0 Å². The van der Waals surface area contributed by atoms with Crippen LogP contribution in [0, 0.1) is 6.92 Å². The Morgan fingerprint density at radius 2 is 1.74 bits per heavy atom. The monoisotopic (exact) mass is 461 g/mol. The number of carbonyl (C=O) groups is 1. The van der Waals surface area contributed by atoms with Crippen molar-refractivity contribution in [2.45, 2.75) is 55.5 Å². The van der Waals surface area contributed by atoms with Crippen molar-refractivity contribution in [3.8, 4) is 0 Å². The highest BCUT2D eigenvalue weighted by atomic mass is 79.9. The van der Waals surface area contributed by atoms with E-state index in [0.29, 0.717) is 12.8 Å². The summed E-state index contributed by atoms with van der Waals surface area (Å²) in [4.78, 5) is 11.8. The minimum Gasteiger partial charge on any atom is -0.480 e. The molecule has 0 radical (unpaired) electrons. The van der Waals surface area contributed by atoms with Crippen molar-refractivity contribution < 1.29 is 28.5 Å². The number of aryl methyl sites for hydroxylation is 1. The molecule has 7 nitrogen and oxygen atoms in total. The zero-order valence-electron chi connectivity index (χ0n) is 15.0. The van der Waals surface area contributed by atoms with Crippen LogP contribution in [0.1, 0.15) is 42.7 Å². The molecule has 1 aromatic carbocycles. The van der Waals surface area contributed by atoms with Crippen LogP contribution < -0.4 is 0 Å². The molecule has 3 N–H and O–H groups in total. The lowest BCUT2D eigenvalue weighted by atomic mass is 9.89. The number of sulfonamides is 1. The van der Waals surface area contributed by atoms with Crippen LogP contribution in [0.25, 0.3) is 0 Å². The van der Waals surface area contributed by atoms with Gasteiger partial charge in [0.05, 0.1) is 12.2 Å². The van der Waals surface area contributed by atoms with E-state index in [1.54, 1.807) is 0 Å². The minimum absolute atomic E-state index is 0.212. The molecule has 0 aromatic heterocycles. The smallest absolute Gasteiger partial charge is 0.326 e. The van der Waals surface area contributed by atoms with Crippen molar-refractivity contribution in [3.63, 3.8) is 0 Å². The lowest BCUT2D eigenvalue weighted by Gasteiger charge is -2.36. The molecule has 27 heavy (non-hydrogen) atoms. The van der Waals surface area contributed by atoms with Crippen molar-refractivity contribution in [2.75, 3.05) is 13.1 Å². The highest BCUT2D eigenvalue weighted by Crippen LogP contribution is 2.41. The summed E-state index contributed by atoms with van der Waals surface area (Å²) < 4.78 is 26.3. The number of halogens is 1. The molecule has 2 fully saturated rings. The van der Waals surface area contributed by atoms with E-state index in [-0.39, 0.29) is 19.0 Å². The summed E-state index contributed by atoms with van der Waals surface area (Å²) in [5.41, 5.74) is 2.26. The number of aliphatic hydroxyl groups is 2. The summed E-state index contributed by atoms with van der Waals surface area (Å²) >= 11 is 3.47. The topological polar surface area (TPSA) is 115 Å². The Kier molecular flexibility index (Phi) is 5.71. The maximum atomic E-state index is 13.1. The normalized spacial score (nSPS) is 30.5. The van der Waals surface area contributed by atoms with Crippen LogP contribution in [0.2, 0.25) is 0 Å². The number of piperidine rings is 1. The lowest BCUT2D eigenvalue weighted by Crippen LogP contribution is -2.54. The third-order valence-electron chi connectivity index (χ3n) is 5.85. The van der Waals surface area contributed by atoms with Gasteiger partial charge in [-0.2, -0.15) is 0 Å². The standard InChI is InChI=1S/C18H24BrNO6S/c1-11-8-13(2-3-14(11)19)12-4-6-20(7-5-12)27(25,26)18(17(23)24)9-15(21)16(22)10-18/h2-3,8,12,15-16,21-22H,4-7,9-10H2,1H3,(H,23,24)/t15-,16+,18-. The Labute approximate surface area is 167 Å². The number of nitrogens with zero attached hydrogens (tertiary/aromatic N) is 1. The summed E-state index contributed by atoms with van der Waals surface area (Å²) in [6.07, 6.45) is -2.48. The lowest BCUT2D eigenvalue weighted by molar-refractivity contribution is -0.140. The predicted molar refractivity (Wildman–Crippen MR) is 103 cm³/mol. The van der Waals surface area contributed by atoms with E-state index in [2.05, 4.69) is 22.0 Å². The zero-order chi connectivity index (χ0) is 20.0. The van der Waals surface area contributed by atoms with E-state index in [0.717, 1.165) is 15.6 Å². The molecule has 0 bridgehead atoms. The summed E-state index contributed by atoms with van der Waals surface area (Å²) in [6, 6.07) is 6.09. The Balaban J connectivity index is 1.78. The number of aliphatic carboxylic acids is 1. The quantitative estimate of drug-likeness (QED) is 0.627. The van der Waals surface area contributed by atoms with Crippen molar-refractivity contribution >= 4 is 31.9 Å². The van der Waals surface area contributed by atoms with E-state index >= 15 is 0 Å². The van der Waals surface area contributed by atoms with Gasteiger partial charge in [0.25, 0.3) is 0 Å². The largest absolute Gasteiger partial charge is 0.480 e. The molecule has 3 atom stereocenters. The summed E-state index contributed by atoms with van der Waals surface area (Å²) in [5, 5.41) is 29.2. The Hall–Kier alpha value is -1.00. The molecule has 3 rings (SSSR count). The van der Waals surface area contributed by atoms with Gasteiger partial charge in [0.1, 0.15) is 0 Å². The number of carboxylic acid groups (broad SMARTS) is 1. The van der Waals surface area contributed by atoms with Gasteiger partial charge >= 0.3 is 5.97 Å². The van der Waals surface area contributed by atoms with Crippen LogP contribution in [-0.2, 0) is 14.8 Å². The fourth-order valence-electron chi connectivity index (χ4n) is 4.13. The summed E-state index contributed by atoms with van der Waals surface area (Å²) in [6.45, 7) is 2.45. The Morgan fingerprint density at radius 1 is 1.19 bits per heavy atom. The van der Waals surface area contributed by atoms with E-state index in [9.17, 15) is 28.5 Å². The van der Waals surface area contributed by atoms with Crippen LogP contribution in [-0.4, -0.2) is 64.1 Å². The molecule has 1 saturated heterocycles. The molecule has 1 saturated carbocycles. The predicted octanol–water partition coefficient (Wildman–Crippen LogP) is 1.61. The van der Waals surface area contributed by atoms with Gasteiger partial charge in [-0.15, -0.1) is 0 Å². The maximum absolute atomic E-state index is 13.1. The van der Waals surface area contributed by atoms with Crippen LogP contribution in [0.5, 0.6) is 0 Å². The van der Waals surface area contributed by atoms with Crippen molar-refractivity contribution in [2.24, 2.45) is 0 Å². The Morgan fingerprint density at radius 3 is 2.22 bits per heavy atom. The second-order valence-electron chi connectivity index (χ2n) is 7.53. The number of carboxylic acids is 1. The molecule has 0 amide bonds. The molecule has 0 unspecified atom stereocenters. The summed E-state index contributed by atoms with van der Waals surface area (Å²) in [5.74, 6) is -1.30. The van der Waals surface area contributed by atoms with Crippen LogP contribution in [0.15, 0.2) is 22.7 Å². The summed E-state index contributed by atoms with van der Waals surface area (Å²) in [7, 11) is -4.20. The average Bonchev–Trinajstić information content (AvgIpc) is 2.94. The first kappa shape index (κ1) is 20.7. The van der Waals surface area contributed by atoms with Crippen LogP contribution >= 0.6 is 15.9 Å². The van der Waals surface area contributed by atoms with Gasteiger partial charge in [-0.1, -0.05) is 28.1 Å². The second-order valence-corrected chi connectivity index (χ2v) is 10.6. The van der Waals surface area contributed by atoms with Gasteiger partial charge in [0, 0.05) is 30.4 Å². The number of rotatable bonds is 4. The molecule has 9 heteroatoms. The molecule has 1 heterocycles. The van der Waals surface area contributed by atoms with Crippen molar-refractivity contribution in [1.82, 2.24) is 4.31 Å². The van der Waals surface area contributed by atoms with Crippen molar-refractivity contribution in [3.05, 3.63) is 33.8 Å². The SMILES string of the molecule is Cc1cc(C2CCN(S(=O)(=O)[C@]3(C(=O)O)C[C@@H](O)[C@@H](O)C3)CC2)ccc1Br. The van der Waals surface area contributed by atoms with Gasteiger partial charge < -0.3 is 15.3 Å². The third kappa shape index (κ3) is 3.55. The van der Waals surface area contributed by atoms with Gasteiger partial charge in [-0.25, -0.2) is 12.7 Å². The molecule has 1 aliphatic heterocycles. The number of benzene rings is 1. The highest BCUT2D eigenvalue weighted by molar-refractivity contribution is 9.10. The van der Waals surface area contributed by atoms with E-state index in [1.807, 2.05) is 19.1 Å². The molecule has 2 aliphatic rings. The molecule has 1 aromatic rings. The fraction of sp³-hybridized carbons (Fsp3) is 0.611.